The number of hydrogen-bond acceptors (Lipinski definition) is 3. The Bertz CT molecular complexity index is 569. The summed E-state index contributed by atoms with van der Waals surface area (Å²) in [4.78, 5) is 0. The van der Waals surface area contributed by atoms with E-state index in [0.717, 1.165) is 30.8 Å². The molecule has 0 saturated heterocycles. The van der Waals surface area contributed by atoms with Crippen molar-refractivity contribution in [2.24, 2.45) is 5.84 Å². The van der Waals surface area contributed by atoms with Gasteiger partial charge in [0, 0.05) is 0 Å². The first kappa shape index (κ1) is 15.5. The lowest BCUT2D eigenvalue weighted by molar-refractivity contribution is 0.316. The Morgan fingerprint density at radius 3 is 2.67 bits per heavy atom. The van der Waals surface area contributed by atoms with Crippen LogP contribution in [0.1, 0.15) is 36.1 Å². The molecule has 2 aromatic carbocycles. The Labute approximate surface area is 127 Å². The number of ether oxygens (including phenoxy) is 1. The highest BCUT2D eigenvalue weighted by atomic mass is 16.5. The minimum Gasteiger partial charge on any atom is -0.494 e. The number of nitrogens with one attached hydrogen (secondary N) is 1. The SMILES string of the molecule is CCCOc1cccc(C(Cc2cccc(C)c2)NN)c1. The molecule has 0 aliphatic rings. The molecule has 2 aromatic rings. The van der Waals surface area contributed by atoms with Crippen LogP contribution in [0, 0.1) is 6.92 Å². The van der Waals surface area contributed by atoms with E-state index < -0.39 is 0 Å². The Hall–Kier alpha value is -1.84. The van der Waals surface area contributed by atoms with Gasteiger partial charge in [-0.2, -0.15) is 0 Å². The second-order valence-electron chi connectivity index (χ2n) is 5.33. The first-order valence-corrected chi connectivity index (χ1v) is 7.47. The molecule has 1 atom stereocenters. The van der Waals surface area contributed by atoms with Crippen LogP contribution >= 0.6 is 0 Å². The van der Waals surface area contributed by atoms with Crippen molar-refractivity contribution in [3.8, 4) is 5.75 Å². The van der Waals surface area contributed by atoms with E-state index in [1.165, 1.54) is 11.1 Å². The van der Waals surface area contributed by atoms with Gasteiger partial charge in [-0.3, -0.25) is 11.3 Å². The average molecular weight is 284 g/mol. The maximum atomic E-state index is 5.75. The van der Waals surface area contributed by atoms with Crippen LogP contribution in [-0.2, 0) is 6.42 Å². The van der Waals surface area contributed by atoms with Crippen LogP contribution < -0.4 is 16.0 Å². The molecule has 0 bridgehead atoms. The van der Waals surface area contributed by atoms with Crippen LogP contribution in [0.3, 0.4) is 0 Å². The van der Waals surface area contributed by atoms with E-state index >= 15 is 0 Å². The van der Waals surface area contributed by atoms with Crippen molar-refractivity contribution in [2.45, 2.75) is 32.7 Å². The van der Waals surface area contributed by atoms with Gasteiger partial charge in [-0.25, -0.2) is 0 Å². The Kier molecular flexibility index (Phi) is 5.78. The summed E-state index contributed by atoms with van der Waals surface area (Å²) in [5.41, 5.74) is 6.60. The topological polar surface area (TPSA) is 47.3 Å². The molecule has 112 valence electrons. The summed E-state index contributed by atoms with van der Waals surface area (Å²) in [5.74, 6) is 6.65. The number of hydrogen-bond donors (Lipinski definition) is 2. The van der Waals surface area contributed by atoms with E-state index in [-0.39, 0.29) is 6.04 Å². The van der Waals surface area contributed by atoms with Crippen molar-refractivity contribution in [3.05, 3.63) is 65.2 Å². The van der Waals surface area contributed by atoms with Gasteiger partial charge in [0.25, 0.3) is 0 Å². The Balaban J connectivity index is 2.13. The molecule has 0 aliphatic heterocycles. The maximum Gasteiger partial charge on any atom is 0.119 e. The van der Waals surface area contributed by atoms with E-state index in [1.54, 1.807) is 0 Å². The van der Waals surface area contributed by atoms with Gasteiger partial charge in [-0.05, 0) is 43.0 Å². The fourth-order valence-electron chi connectivity index (χ4n) is 2.39. The van der Waals surface area contributed by atoms with Crippen molar-refractivity contribution >= 4 is 0 Å². The summed E-state index contributed by atoms with van der Waals surface area (Å²) in [6, 6.07) is 16.7. The average Bonchev–Trinajstić information content (AvgIpc) is 2.51. The zero-order chi connectivity index (χ0) is 15.1. The summed E-state index contributed by atoms with van der Waals surface area (Å²) < 4.78 is 5.69. The molecule has 0 spiro atoms. The fourth-order valence-corrected chi connectivity index (χ4v) is 2.39. The molecule has 0 saturated carbocycles. The number of nitrogens with two attached hydrogens (primary N) is 1. The number of aryl methyl sites for hydroxylation is 1. The van der Waals surface area contributed by atoms with E-state index in [9.17, 15) is 0 Å². The zero-order valence-electron chi connectivity index (χ0n) is 12.8. The van der Waals surface area contributed by atoms with Gasteiger partial charge < -0.3 is 4.74 Å². The van der Waals surface area contributed by atoms with Gasteiger partial charge in [0.15, 0.2) is 0 Å². The predicted octanol–water partition coefficient (Wildman–Crippen LogP) is 3.53. The lowest BCUT2D eigenvalue weighted by Gasteiger charge is -2.18. The van der Waals surface area contributed by atoms with Crippen molar-refractivity contribution in [2.75, 3.05) is 6.61 Å². The summed E-state index contributed by atoms with van der Waals surface area (Å²) in [6.07, 6.45) is 1.86. The first-order valence-electron chi connectivity index (χ1n) is 7.47. The normalized spacial score (nSPS) is 12.1. The zero-order valence-corrected chi connectivity index (χ0v) is 12.8. The standard InChI is InChI=1S/C18H24N2O/c1-3-10-21-17-9-5-8-16(13-17)18(20-19)12-15-7-4-6-14(2)11-15/h4-9,11,13,18,20H,3,10,12,19H2,1-2H3. The lowest BCUT2D eigenvalue weighted by atomic mass is 9.98. The number of benzene rings is 2. The predicted molar refractivity (Wildman–Crippen MR) is 87.2 cm³/mol. The van der Waals surface area contributed by atoms with Gasteiger partial charge in [-0.1, -0.05) is 48.9 Å². The van der Waals surface area contributed by atoms with Crippen molar-refractivity contribution < 1.29 is 4.74 Å². The second-order valence-corrected chi connectivity index (χ2v) is 5.33. The minimum atomic E-state index is 0.0805. The van der Waals surface area contributed by atoms with Gasteiger partial charge in [0.1, 0.15) is 5.75 Å². The molecule has 0 heterocycles. The van der Waals surface area contributed by atoms with Crippen LogP contribution in [0.5, 0.6) is 5.75 Å². The molecular formula is C18H24N2O. The van der Waals surface area contributed by atoms with Crippen LogP contribution in [0.15, 0.2) is 48.5 Å². The molecule has 3 N–H and O–H groups in total. The highest BCUT2D eigenvalue weighted by molar-refractivity contribution is 5.32. The maximum absolute atomic E-state index is 5.75. The van der Waals surface area contributed by atoms with Gasteiger partial charge in [0.05, 0.1) is 12.6 Å². The molecule has 2 rings (SSSR count). The quantitative estimate of drug-likeness (QED) is 0.604. The number of hydrazine groups is 1. The van der Waals surface area contributed by atoms with Crippen LogP contribution in [0.25, 0.3) is 0 Å². The molecule has 3 nitrogen and oxygen atoms in total. The van der Waals surface area contributed by atoms with Crippen molar-refractivity contribution in [1.82, 2.24) is 5.43 Å². The number of rotatable bonds is 7. The van der Waals surface area contributed by atoms with E-state index in [4.69, 9.17) is 10.6 Å². The molecule has 0 aliphatic carbocycles. The van der Waals surface area contributed by atoms with Crippen molar-refractivity contribution in [1.29, 1.82) is 0 Å². The summed E-state index contributed by atoms with van der Waals surface area (Å²) in [6.45, 7) is 4.95. The van der Waals surface area contributed by atoms with E-state index in [1.807, 2.05) is 12.1 Å². The highest BCUT2D eigenvalue weighted by Gasteiger charge is 2.11. The second kappa shape index (κ2) is 7.81. The summed E-state index contributed by atoms with van der Waals surface area (Å²) in [7, 11) is 0. The molecule has 0 aromatic heterocycles. The van der Waals surface area contributed by atoms with Gasteiger partial charge in [0.2, 0.25) is 0 Å². The molecule has 0 amide bonds. The minimum absolute atomic E-state index is 0.0805. The smallest absolute Gasteiger partial charge is 0.119 e. The first-order chi connectivity index (χ1) is 10.2. The van der Waals surface area contributed by atoms with Crippen molar-refractivity contribution in [3.63, 3.8) is 0 Å². The van der Waals surface area contributed by atoms with Gasteiger partial charge >= 0.3 is 0 Å². The lowest BCUT2D eigenvalue weighted by Crippen LogP contribution is -2.29. The fraction of sp³-hybridized carbons (Fsp3) is 0.333. The largest absolute Gasteiger partial charge is 0.494 e. The summed E-state index contributed by atoms with van der Waals surface area (Å²) >= 11 is 0. The molecule has 3 heteroatoms. The highest BCUT2D eigenvalue weighted by Crippen LogP contribution is 2.22. The molecule has 0 fully saturated rings. The van der Waals surface area contributed by atoms with Gasteiger partial charge in [-0.15, -0.1) is 0 Å². The Morgan fingerprint density at radius 1 is 1.14 bits per heavy atom. The van der Waals surface area contributed by atoms with Crippen LogP contribution in [-0.4, -0.2) is 6.61 Å². The molecule has 0 radical (unpaired) electrons. The third-order valence-corrected chi connectivity index (χ3v) is 3.46. The third kappa shape index (κ3) is 4.59. The molecule has 21 heavy (non-hydrogen) atoms. The Morgan fingerprint density at radius 2 is 1.95 bits per heavy atom. The monoisotopic (exact) mass is 284 g/mol. The molecule has 1 unspecified atom stereocenters. The summed E-state index contributed by atoms with van der Waals surface area (Å²) in [5, 5.41) is 0. The van der Waals surface area contributed by atoms with E-state index in [2.05, 4.69) is 55.7 Å². The van der Waals surface area contributed by atoms with Crippen LogP contribution in [0.4, 0.5) is 0 Å². The molecular weight excluding hydrogens is 260 g/mol. The van der Waals surface area contributed by atoms with E-state index in [0.29, 0.717) is 0 Å². The third-order valence-electron chi connectivity index (χ3n) is 3.46. The van der Waals surface area contributed by atoms with Crippen LogP contribution in [0.2, 0.25) is 0 Å².